The van der Waals surface area contributed by atoms with Crippen molar-refractivity contribution >= 4 is 16.8 Å². The molecule has 2 aromatic carbocycles. The average Bonchev–Trinajstić information content (AvgIpc) is 2.92. The molecule has 1 aromatic heterocycles. The highest BCUT2D eigenvalue weighted by Gasteiger charge is 2.13. The Hall–Kier alpha value is -2.75. The Kier molecular flexibility index (Phi) is 4.85. The van der Waals surface area contributed by atoms with Gasteiger partial charge in [-0.25, -0.2) is 0 Å². The lowest BCUT2D eigenvalue weighted by molar-refractivity contribution is 0.0946. The van der Waals surface area contributed by atoms with Crippen LogP contribution in [-0.4, -0.2) is 23.6 Å². The van der Waals surface area contributed by atoms with Crippen LogP contribution in [0.15, 0.2) is 54.6 Å². The molecule has 4 heteroatoms. The minimum Gasteiger partial charge on any atom is -0.494 e. The number of ether oxygens (including phenoxy) is 1. The molecule has 0 unspecified atom stereocenters. The maximum atomic E-state index is 12.5. The summed E-state index contributed by atoms with van der Waals surface area (Å²) in [5.74, 6) is 0.772. The third kappa shape index (κ3) is 3.43. The van der Waals surface area contributed by atoms with E-state index in [0.29, 0.717) is 18.8 Å². The Morgan fingerprint density at radius 2 is 1.92 bits per heavy atom. The number of carbonyl (C=O) groups excluding carboxylic acids is 1. The van der Waals surface area contributed by atoms with Crippen LogP contribution in [-0.2, 0) is 13.5 Å². The van der Waals surface area contributed by atoms with Gasteiger partial charge in [0.25, 0.3) is 5.91 Å². The van der Waals surface area contributed by atoms with Crippen LogP contribution in [0.1, 0.15) is 23.0 Å². The Morgan fingerprint density at radius 1 is 1.12 bits per heavy atom. The topological polar surface area (TPSA) is 43.3 Å². The molecule has 0 aliphatic carbocycles. The smallest absolute Gasteiger partial charge is 0.267 e. The van der Waals surface area contributed by atoms with Gasteiger partial charge in [0.2, 0.25) is 0 Å². The molecule has 0 aliphatic rings. The Labute approximate surface area is 142 Å². The molecule has 0 bridgehead atoms. The molecule has 4 nitrogen and oxygen atoms in total. The van der Waals surface area contributed by atoms with Crippen LogP contribution < -0.4 is 10.1 Å². The van der Waals surface area contributed by atoms with Crippen molar-refractivity contribution in [3.8, 4) is 5.75 Å². The first-order chi connectivity index (χ1) is 11.7. The fourth-order valence-corrected chi connectivity index (χ4v) is 2.86. The number of amides is 1. The van der Waals surface area contributed by atoms with Gasteiger partial charge in [-0.1, -0.05) is 30.3 Å². The monoisotopic (exact) mass is 322 g/mol. The molecule has 0 aliphatic heterocycles. The molecule has 0 radical (unpaired) electrons. The lowest BCUT2D eigenvalue weighted by Gasteiger charge is -2.07. The standard InChI is InChI=1S/C20H22N2O2/c1-3-24-17-9-10-18-16(13-17)14-19(22(18)2)20(23)21-12-11-15-7-5-4-6-8-15/h4-10,13-14H,3,11-12H2,1-2H3,(H,21,23). The van der Waals surface area contributed by atoms with Gasteiger partial charge in [-0.3, -0.25) is 4.79 Å². The Bertz CT molecular complexity index is 837. The molecule has 0 fully saturated rings. The molecule has 1 amide bonds. The van der Waals surface area contributed by atoms with Gasteiger partial charge in [-0.05, 0) is 43.2 Å². The highest BCUT2D eigenvalue weighted by atomic mass is 16.5. The van der Waals surface area contributed by atoms with Gasteiger partial charge in [0.15, 0.2) is 0 Å². The average molecular weight is 322 g/mol. The first-order valence-electron chi connectivity index (χ1n) is 8.23. The minimum atomic E-state index is -0.0532. The second-order valence-electron chi connectivity index (χ2n) is 5.73. The molecule has 1 N–H and O–H groups in total. The Balaban J connectivity index is 1.71. The maximum Gasteiger partial charge on any atom is 0.267 e. The van der Waals surface area contributed by atoms with E-state index in [1.807, 2.05) is 61.0 Å². The highest BCUT2D eigenvalue weighted by Crippen LogP contribution is 2.24. The van der Waals surface area contributed by atoms with E-state index in [4.69, 9.17) is 4.74 Å². The number of carbonyl (C=O) groups is 1. The first kappa shape index (κ1) is 16.1. The van der Waals surface area contributed by atoms with Crippen LogP contribution in [0.3, 0.4) is 0 Å². The van der Waals surface area contributed by atoms with Crippen molar-refractivity contribution in [3.05, 3.63) is 65.9 Å². The van der Waals surface area contributed by atoms with Gasteiger partial charge in [0.05, 0.1) is 6.61 Å². The zero-order valence-corrected chi connectivity index (χ0v) is 14.1. The molecule has 0 saturated carbocycles. The molecular formula is C20H22N2O2. The zero-order chi connectivity index (χ0) is 16.9. The van der Waals surface area contributed by atoms with Crippen LogP contribution in [0.4, 0.5) is 0 Å². The van der Waals surface area contributed by atoms with E-state index in [1.54, 1.807) is 0 Å². The van der Waals surface area contributed by atoms with E-state index in [-0.39, 0.29) is 5.91 Å². The van der Waals surface area contributed by atoms with Crippen LogP contribution in [0, 0.1) is 0 Å². The lowest BCUT2D eigenvalue weighted by Crippen LogP contribution is -2.27. The minimum absolute atomic E-state index is 0.0532. The Morgan fingerprint density at radius 3 is 2.67 bits per heavy atom. The lowest BCUT2D eigenvalue weighted by atomic mass is 10.1. The molecule has 3 aromatic rings. The predicted molar refractivity (Wildman–Crippen MR) is 96.6 cm³/mol. The first-order valence-corrected chi connectivity index (χ1v) is 8.23. The molecule has 0 atom stereocenters. The number of fused-ring (bicyclic) bond motifs is 1. The predicted octanol–water partition coefficient (Wildman–Crippen LogP) is 3.55. The van der Waals surface area contributed by atoms with Gasteiger partial charge < -0.3 is 14.6 Å². The van der Waals surface area contributed by atoms with Gasteiger partial charge in [0.1, 0.15) is 11.4 Å². The normalized spacial score (nSPS) is 10.8. The fraction of sp³-hybridized carbons (Fsp3) is 0.250. The quantitative estimate of drug-likeness (QED) is 0.754. The summed E-state index contributed by atoms with van der Waals surface area (Å²) < 4.78 is 7.45. The highest BCUT2D eigenvalue weighted by molar-refractivity contribution is 5.99. The number of aromatic nitrogens is 1. The maximum absolute atomic E-state index is 12.5. The molecular weight excluding hydrogens is 300 g/mol. The van der Waals surface area contributed by atoms with Gasteiger partial charge >= 0.3 is 0 Å². The van der Waals surface area contributed by atoms with Gasteiger partial charge in [0, 0.05) is 24.5 Å². The summed E-state index contributed by atoms with van der Waals surface area (Å²) in [5.41, 5.74) is 2.90. The van der Waals surface area contributed by atoms with E-state index in [9.17, 15) is 4.79 Å². The van der Waals surface area contributed by atoms with E-state index < -0.39 is 0 Å². The number of hydrogen-bond acceptors (Lipinski definition) is 2. The van der Waals surface area contributed by atoms with Crippen LogP contribution >= 0.6 is 0 Å². The van der Waals surface area contributed by atoms with Crippen molar-refractivity contribution in [3.63, 3.8) is 0 Å². The molecule has 124 valence electrons. The van der Waals surface area contributed by atoms with E-state index in [1.165, 1.54) is 5.56 Å². The number of benzene rings is 2. The number of rotatable bonds is 6. The molecule has 0 spiro atoms. The summed E-state index contributed by atoms with van der Waals surface area (Å²) >= 11 is 0. The fourth-order valence-electron chi connectivity index (χ4n) is 2.86. The summed E-state index contributed by atoms with van der Waals surface area (Å²) in [6.07, 6.45) is 0.824. The van der Waals surface area contributed by atoms with E-state index in [2.05, 4.69) is 17.4 Å². The second-order valence-corrected chi connectivity index (χ2v) is 5.73. The number of aryl methyl sites for hydroxylation is 1. The summed E-state index contributed by atoms with van der Waals surface area (Å²) in [6.45, 7) is 3.21. The number of hydrogen-bond donors (Lipinski definition) is 1. The van der Waals surface area contributed by atoms with Crippen molar-refractivity contribution in [2.75, 3.05) is 13.2 Å². The third-order valence-electron chi connectivity index (χ3n) is 4.10. The zero-order valence-electron chi connectivity index (χ0n) is 14.1. The SMILES string of the molecule is CCOc1ccc2c(c1)cc(C(=O)NCCc1ccccc1)n2C. The van der Waals surface area contributed by atoms with Crippen LogP contribution in [0.5, 0.6) is 5.75 Å². The molecule has 24 heavy (non-hydrogen) atoms. The third-order valence-corrected chi connectivity index (χ3v) is 4.10. The summed E-state index contributed by atoms with van der Waals surface area (Å²) in [6, 6.07) is 18.0. The number of nitrogens with one attached hydrogen (secondary N) is 1. The van der Waals surface area contributed by atoms with Gasteiger partial charge in [-0.2, -0.15) is 0 Å². The summed E-state index contributed by atoms with van der Waals surface area (Å²) in [7, 11) is 1.91. The van der Waals surface area contributed by atoms with E-state index >= 15 is 0 Å². The van der Waals surface area contributed by atoms with Crippen molar-refractivity contribution in [1.29, 1.82) is 0 Å². The second kappa shape index (κ2) is 7.21. The summed E-state index contributed by atoms with van der Waals surface area (Å²) in [4.78, 5) is 12.5. The largest absolute Gasteiger partial charge is 0.494 e. The van der Waals surface area contributed by atoms with Crippen molar-refractivity contribution < 1.29 is 9.53 Å². The van der Waals surface area contributed by atoms with Gasteiger partial charge in [-0.15, -0.1) is 0 Å². The van der Waals surface area contributed by atoms with Crippen molar-refractivity contribution in [2.24, 2.45) is 7.05 Å². The molecule has 3 rings (SSSR count). The van der Waals surface area contributed by atoms with Crippen molar-refractivity contribution in [2.45, 2.75) is 13.3 Å². The van der Waals surface area contributed by atoms with E-state index in [0.717, 1.165) is 23.1 Å². The number of nitrogens with zero attached hydrogens (tertiary/aromatic N) is 1. The van der Waals surface area contributed by atoms with Crippen LogP contribution in [0.25, 0.3) is 10.9 Å². The molecule has 1 heterocycles. The van der Waals surface area contributed by atoms with Crippen molar-refractivity contribution in [1.82, 2.24) is 9.88 Å². The molecule has 0 saturated heterocycles. The van der Waals surface area contributed by atoms with Crippen LogP contribution in [0.2, 0.25) is 0 Å². The summed E-state index contributed by atoms with van der Waals surface area (Å²) in [5, 5.41) is 4.01.